The van der Waals surface area contributed by atoms with Gasteiger partial charge in [-0.15, -0.1) is 0 Å². The van der Waals surface area contributed by atoms with E-state index in [9.17, 15) is 14.7 Å². The van der Waals surface area contributed by atoms with Crippen molar-refractivity contribution in [2.45, 2.75) is 156 Å². The minimum atomic E-state index is -0.551. The zero-order valence-corrected chi connectivity index (χ0v) is 31.3. The van der Waals surface area contributed by atoms with Crippen molar-refractivity contribution in [2.24, 2.45) is 56.7 Å². The molecule has 5 aliphatic carbocycles. The van der Waals surface area contributed by atoms with Gasteiger partial charge in [-0.3, -0.25) is 0 Å². The molecule has 9 nitrogen and oxygen atoms in total. The molecule has 8 rings (SSSR count). The topological polar surface area (TPSA) is 107 Å². The molecule has 2 N–H and O–H groups in total. The number of likely N-dealkylation sites (tertiary alicyclic amines) is 1. The van der Waals surface area contributed by atoms with Crippen LogP contribution in [-0.2, 0) is 18.9 Å². The summed E-state index contributed by atoms with van der Waals surface area (Å²) in [6.07, 6.45) is 9.53. The predicted octanol–water partition coefficient (Wildman–Crippen LogP) is 6.94. The molecule has 2 spiro atoms. The van der Waals surface area contributed by atoms with E-state index in [2.05, 4.69) is 53.8 Å². The molecule has 13 atom stereocenters. The van der Waals surface area contributed by atoms with Crippen LogP contribution in [0.5, 0.6) is 0 Å². The summed E-state index contributed by atoms with van der Waals surface area (Å²) in [5.74, 6) is 1.73. The summed E-state index contributed by atoms with van der Waals surface area (Å²) in [6.45, 7) is 19.2. The van der Waals surface area contributed by atoms with Crippen molar-refractivity contribution in [1.29, 1.82) is 0 Å². The Bertz CT molecular complexity index is 1310. The van der Waals surface area contributed by atoms with Crippen LogP contribution in [0.1, 0.15) is 119 Å². The van der Waals surface area contributed by atoms with Gasteiger partial charge in [-0.25, -0.2) is 9.59 Å². The number of hydrogen-bond acceptors (Lipinski definition) is 7. The van der Waals surface area contributed by atoms with Gasteiger partial charge in [0.25, 0.3) is 0 Å². The highest BCUT2D eigenvalue weighted by Crippen LogP contribution is 2.89. The van der Waals surface area contributed by atoms with E-state index >= 15 is 0 Å². The molecule has 5 saturated carbocycles. The molecule has 8 fully saturated rings. The van der Waals surface area contributed by atoms with Crippen LogP contribution < -0.4 is 5.32 Å². The molecular weight excluding hydrogens is 620 g/mol. The second kappa shape index (κ2) is 11.7. The van der Waals surface area contributed by atoms with Crippen LogP contribution in [0.2, 0.25) is 0 Å². The van der Waals surface area contributed by atoms with Crippen molar-refractivity contribution < 1.29 is 33.6 Å². The number of hydrogen-bond donors (Lipinski definition) is 2. The first-order valence-corrected chi connectivity index (χ1v) is 20.0. The lowest BCUT2D eigenvalue weighted by Gasteiger charge is -2.63. The van der Waals surface area contributed by atoms with Crippen molar-refractivity contribution in [1.82, 2.24) is 10.2 Å². The number of aliphatic hydroxyl groups excluding tert-OH is 1. The molecule has 0 bridgehead atoms. The third-order valence-electron chi connectivity index (χ3n) is 16.9. The lowest BCUT2D eigenvalue weighted by molar-refractivity contribution is -0.185. The Hall–Kier alpha value is -1.58. The summed E-state index contributed by atoms with van der Waals surface area (Å²) in [5.41, 5.74) is 0.126. The third-order valence-corrected chi connectivity index (χ3v) is 16.9. The van der Waals surface area contributed by atoms with Crippen LogP contribution >= 0.6 is 0 Å². The van der Waals surface area contributed by atoms with E-state index in [0.29, 0.717) is 31.0 Å². The summed E-state index contributed by atoms with van der Waals surface area (Å²) >= 11 is 0. The smallest absolute Gasteiger partial charge is 0.410 e. The Labute approximate surface area is 294 Å². The Balaban J connectivity index is 1.01. The van der Waals surface area contributed by atoms with Gasteiger partial charge >= 0.3 is 12.2 Å². The monoisotopic (exact) mass is 684 g/mol. The number of fused-ring (bicyclic) bond motifs is 4. The number of amides is 2. The minimum Gasteiger partial charge on any atom is -0.446 e. The fourth-order valence-electron chi connectivity index (χ4n) is 14.2. The Morgan fingerprint density at radius 1 is 0.939 bits per heavy atom. The van der Waals surface area contributed by atoms with E-state index < -0.39 is 6.10 Å². The molecule has 2 amide bonds. The first kappa shape index (κ1) is 34.5. The van der Waals surface area contributed by atoms with Crippen molar-refractivity contribution in [3.63, 3.8) is 0 Å². The first-order valence-electron chi connectivity index (χ1n) is 20.0. The quantitative estimate of drug-likeness (QED) is 0.323. The number of nitrogens with zero attached hydrogens (tertiary/aromatic N) is 1. The molecular formula is C40H64N2O7. The van der Waals surface area contributed by atoms with Crippen LogP contribution in [0.3, 0.4) is 0 Å². The van der Waals surface area contributed by atoms with Crippen molar-refractivity contribution in [2.75, 3.05) is 26.3 Å². The van der Waals surface area contributed by atoms with Gasteiger partial charge < -0.3 is 34.3 Å². The molecule has 0 unspecified atom stereocenters. The fraction of sp³-hybridized carbons (Fsp3) is 0.950. The molecule has 0 radical (unpaired) electrons. The highest BCUT2D eigenvalue weighted by molar-refractivity contribution is 5.69. The molecule has 3 saturated heterocycles. The van der Waals surface area contributed by atoms with Crippen LogP contribution in [0, 0.1) is 56.7 Å². The number of alkyl carbamates (subject to hydrolysis) is 1. The molecule has 0 aromatic rings. The lowest BCUT2D eigenvalue weighted by atomic mass is 9.41. The second-order valence-electron chi connectivity index (χ2n) is 19.4. The number of nitrogens with one attached hydrogen (secondary N) is 1. The number of ether oxygens (including phenoxy) is 4. The maximum absolute atomic E-state index is 13.1. The zero-order chi connectivity index (χ0) is 34.7. The van der Waals surface area contributed by atoms with Crippen LogP contribution in [0.25, 0.3) is 0 Å². The van der Waals surface area contributed by atoms with Gasteiger partial charge in [-0.2, -0.15) is 0 Å². The van der Waals surface area contributed by atoms with Crippen LogP contribution in [0.4, 0.5) is 9.59 Å². The van der Waals surface area contributed by atoms with E-state index in [0.717, 1.165) is 70.9 Å². The number of aliphatic hydroxyl groups is 1. The predicted molar refractivity (Wildman–Crippen MR) is 185 cm³/mol. The molecule has 276 valence electrons. The van der Waals surface area contributed by atoms with Crippen molar-refractivity contribution in [3.8, 4) is 0 Å². The maximum atomic E-state index is 13.1. The number of carbonyl (C=O) groups excluding carboxylic acids is 2. The lowest BCUT2D eigenvalue weighted by Crippen LogP contribution is -2.60. The van der Waals surface area contributed by atoms with Crippen LogP contribution in [0.15, 0.2) is 0 Å². The van der Waals surface area contributed by atoms with E-state index in [1.807, 2.05) is 0 Å². The Morgan fingerprint density at radius 3 is 2.31 bits per heavy atom. The SMILES string of the molecule is CC(C)[C@@H](OC(=O)N1CCC1)[C@H]1C[C@@H](C)[C@H]2[C@H](O1)[C@H](O)[C@@]1(C)[C@@H]3CC[C@H]4C(C)(C)[C@@H](OC(=O)NC5CCOCC5)CC[C@@]45C[C@@]35CC[C@]21C. The molecule has 3 aliphatic heterocycles. The van der Waals surface area contributed by atoms with Gasteiger partial charge in [0.2, 0.25) is 0 Å². The fourth-order valence-corrected chi connectivity index (χ4v) is 14.2. The van der Waals surface area contributed by atoms with E-state index in [4.69, 9.17) is 18.9 Å². The van der Waals surface area contributed by atoms with E-state index in [-0.39, 0.29) is 81.6 Å². The minimum absolute atomic E-state index is 0.0201. The maximum Gasteiger partial charge on any atom is 0.410 e. The standard InChI is InChI=1S/C40H64N2O7/c1-23(2)31(49-35(45)42-17-8-18-42)26-21-24(3)30-32(47-26)33(43)38(7)28-10-9-27-36(4,5)29(48-34(44)41-25-12-19-46-20-13-25)11-14-39(27)22-40(28,39)16-15-37(30,38)6/h23-33,43H,8-22H2,1-7H3,(H,41,44)/t24-,26-,27+,28+,29+,30+,31-,32+,33+,37-,38-,39-,40+/m1/s1. The summed E-state index contributed by atoms with van der Waals surface area (Å²) in [5, 5.41) is 15.8. The number of rotatable bonds is 5. The van der Waals surface area contributed by atoms with Crippen molar-refractivity contribution in [3.05, 3.63) is 0 Å². The first-order chi connectivity index (χ1) is 23.2. The highest BCUT2D eigenvalue weighted by atomic mass is 16.6. The Kier molecular flexibility index (Phi) is 8.25. The van der Waals surface area contributed by atoms with Gasteiger partial charge in [0.15, 0.2) is 0 Å². The van der Waals surface area contributed by atoms with Gasteiger partial charge in [-0.05, 0) is 116 Å². The molecule has 8 aliphatic rings. The van der Waals surface area contributed by atoms with Gasteiger partial charge in [0, 0.05) is 43.2 Å². The van der Waals surface area contributed by atoms with Gasteiger partial charge in [0.05, 0.1) is 18.3 Å². The van der Waals surface area contributed by atoms with E-state index in [1.54, 1.807) is 4.90 Å². The zero-order valence-electron chi connectivity index (χ0n) is 31.3. The van der Waals surface area contributed by atoms with Gasteiger partial charge in [-0.1, -0.05) is 48.5 Å². The summed E-state index contributed by atoms with van der Waals surface area (Å²) in [6, 6.07) is 0.138. The average molecular weight is 685 g/mol. The van der Waals surface area contributed by atoms with Gasteiger partial charge in [0.1, 0.15) is 12.2 Å². The summed E-state index contributed by atoms with van der Waals surface area (Å²) in [7, 11) is 0. The highest BCUT2D eigenvalue weighted by Gasteiger charge is 2.84. The molecule has 0 aromatic heterocycles. The summed E-state index contributed by atoms with van der Waals surface area (Å²) in [4.78, 5) is 27.8. The van der Waals surface area contributed by atoms with E-state index in [1.165, 1.54) is 12.8 Å². The normalized spacial score (nSPS) is 48.9. The molecule has 3 heterocycles. The Morgan fingerprint density at radius 2 is 1.63 bits per heavy atom. The molecule has 9 heteroatoms. The molecule has 0 aromatic carbocycles. The van der Waals surface area contributed by atoms with Crippen LogP contribution in [-0.4, -0.2) is 85.1 Å². The molecule has 49 heavy (non-hydrogen) atoms. The second-order valence-corrected chi connectivity index (χ2v) is 19.4. The van der Waals surface area contributed by atoms with Crippen molar-refractivity contribution >= 4 is 12.2 Å². The average Bonchev–Trinajstić information content (AvgIpc) is 3.65. The summed E-state index contributed by atoms with van der Waals surface area (Å²) < 4.78 is 24.9. The largest absolute Gasteiger partial charge is 0.446 e. The number of carbonyl (C=O) groups is 2. The third kappa shape index (κ3) is 4.78.